The molecule has 0 bridgehead atoms. The summed E-state index contributed by atoms with van der Waals surface area (Å²) in [5.74, 6) is 0. The Morgan fingerprint density at radius 3 is 2.10 bits per heavy atom. The smallest absolute Gasteiger partial charge is 0.299 e. The molecule has 112 valence electrons. The molecule has 4 heteroatoms. The van der Waals surface area contributed by atoms with Gasteiger partial charge in [-0.2, -0.15) is 13.2 Å². The van der Waals surface area contributed by atoms with E-state index in [-0.39, 0.29) is 11.5 Å². The van der Waals surface area contributed by atoms with Crippen LogP contribution in [0.1, 0.15) is 56.3 Å². The molecule has 1 aromatic carbocycles. The second kappa shape index (κ2) is 5.06. The lowest BCUT2D eigenvalue weighted by molar-refractivity contribution is -0.137. The third kappa shape index (κ3) is 3.17. The van der Waals surface area contributed by atoms with E-state index in [9.17, 15) is 13.2 Å². The van der Waals surface area contributed by atoms with Crippen molar-refractivity contribution in [1.29, 1.82) is 0 Å². The van der Waals surface area contributed by atoms with Gasteiger partial charge in [0.1, 0.15) is 0 Å². The predicted octanol–water partition coefficient (Wildman–Crippen LogP) is 4.77. The molecular weight excluding hydrogens is 263 g/mol. The number of alkyl halides is 3. The van der Waals surface area contributed by atoms with Gasteiger partial charge in [0, 0.05) is 6.04 Å². The lowest BCUT2D eigenvalue weighted by atomic mass is 9.84. The van der Waals surface area contributed by atoms with Crippen molar-refractivity contribution >= 4 is 0 Å². The summed E-state index contributed by atoms with van der Waals surface area (Å²) in [5, 5.41) is 0. The number of nitrogens with zero attached hydrogens (tertiary/aromatic N) is 1. The van der Waals surface area contributed by atoms with Crippen LogP contribution in [0.5, 0.6) is 0 Å². The molecule has 20 heavy (non-hydrogen) atoms. The third-order valence-electron chi connectivity index (χ3n) is 4.05. The number of benzene rings is 1. The van der Waals surface area contributed by atoms with Crippen molar-refractivity contribution < 1.29 is 13.2 Å². The average Bonchev–Trinajstić information content (AvgIpc) is 2.72. The second-order valence-electron chi connectivity index (χ2n) is 6.73. The molecule has 1 unspecified atom stereocenters. The fraction of sp³-hybridized carbons (Fsp3) is 0.625. The molecule has 1 aromatic rings. The first-order valence-electron chi connectivity index (χ1n) is 7.02. The molecule has 1 aliphatic rings. The zero-order chi connectivity index (χ0) is 15.1. The van der Waals surface area contributed by atoms with Crippen LogP contribution < -0.4 is 0 Å². The van der Waals surface area contributed by atoms with Crippen molar-refractivity contribution in [3.8, 4) is 0 Å². The van der Waals surface area contributed by atoms with E-state index in [1.54, 1.807) is 0 Å². The first kappa shape index (κ1) is 15.4. The number of likely N-dealkylation sites (tertiary alicyclic amines) is 1. The van der Waals surface area contributed by atoms with Gasteiger partial charge < -0.3 is 0 Å². The van der Waals surface area contributed by atoms with Gasteiger partial charge in [-0.1, -0.05) is 26.8 Å². The normalized spacial score (nSPS) is 21.4. The van der Waals surface area contributed by atoms with Crippen LogP contribution in [0.4, 0.5) is 13.2 Å². The van der Waals surface area contributed by atoms with Gasteiger partial charge >= 0.3 is 6.18 Å². The number of hydrogen-bond acceptors (Lipinski definition) is 1. The Bertz CT molecular complexity index is 453. The Kier molecular flexibility index (Phi) is 3.89. The molecule has 0 saturated carbocycles. The highest BCUT2D eigenvalue weighted by Gasteiger charge is 2.34. The van der Waals surface area contributed by atoms with Crippen LogP contribution >= 0.6 is 0 Å². The summed E-state index contributed by atoms with van der Waals surface area (Å²) in [6.45, 7) is 6.80. The first-order valence-corrected chi connectivity index (χ1v) is 7.02. The van der Waals surface area contributed by atoms with Crippen LogP contribution in [-0.2, 0) is 11.6 Å². The van der Waals surface area contributed by atoms with E-state index in [0.29, 0.717) is 0 Å². The topological polar surface area (TPSA) is 3.24 Å². The summed E-state index contributed by atoms with van der Waals surface area (Å²) in [6.07, 6.45) is -2.31. The van der Waals surface area contributed by atoms with Crippen molar-refractivity contribution in [2.45, 2.75) is 51.2 Å². The molecule has 0 amide bonds. The minimum Gasteiger partial charge on any atom is -0.299 e. The van der Waals surface area contributed by atoms with Crippen LogP contribution in [0.3, 0.4) is 0 Å². The first-order chi connectivity index (χ1) is 9.09. The van der Waals surface area contributed by atoms with Crippen LogP contribution in [0, 0.1) is 0 Å². The Labute approximate surface area is 118 Å². The standard InChI is InChI=1S/C16H22F3N/c1-15(2,3)12-8-11(14-6-5-7-20(14)4)9-13(10-12)16(17,18)19/h8-10,14H,5-7H2,1-4H3. The van der Waals surface area contributed by atoms with E-state index in [1.165, 1.54) is 12.1 Å². The Hall–Kier alpha value is -1.03. The van der Waals surface area contributed by atoms with E-state index >= 15 is 0 Å². The molecule has 2 rings (SSSR count). The van der Waals surface area contributed by atoms with Crippen molar-refractivity contribution in [2.75, 3.05) is 13.6 Å². The molecule has 1 aliphatic heterocycles. The molecule has 1 nitrogen and oxygen atoms in total. The molecule has 1 saturated heterocycles. The van der Waals surface area contributed by atoms with E-state index in [1.807, 2.05) is 33.9 Å². The van der Waals surface area contributed by atoms with Crippen molar-refractivity contribution in [1.82, 2.24) is 4.90 Å². The summed E-state index contributed by atoms with van der Waals surface area (Å²) in [5.41, 5.74) is 0.736. The van der Waals surface area contributed by atoms with Crippen molar-refractivity contribution in [3.63, 3.8) is 0 Å². The number of rotatable bonds is 1. The van der Waals surface area contributed by atoms with Gasteiger partial charge in [0.05, 0.1) is 5.56 Å². The lowest BCUT2D eigenvalue weighted by Crippen LogP contribution is -2.20. The van der Waals surface area contributed by atoms with Gasteiger partial charge in [0.15, 0.2) is 0 Å². The maximum Gasteiger partial charge on any atom is 0.416 e. The minimum atomic E-state index is -4.28. The maximum atomic E-state index is 13.1. The lowest BCUT2D eigenvalue weighted by Gasteiger charge is -2.26. The molecule has 1 fully saturated rings. The second-order valence-corrected chi connectivity index (χ2v) is 6.73. The van der Waals surface area contributed by atoms with Crippen LogP contribution in [-0.4, -0.2) is 18.5 Å². The summed E-state index contributed by atoms with van der Waals surface area (Å²) in [7, 11) is 1.98. The number of halogens is 3. The summed E-state index contributed by atoms with van der Waals surface area (Å²) < 4.78 is 39.3. The van der Waals surface area contributed by atoms with Gasteiger partial charge in [-0.3, -0.25) is 4.90 Å². The van der Waals surface area contributed by atoms with E-state index < -0.39 is 11.7 Å². The largest absolute Gasteiger partial charge is 0.416 e. The summed E-state index contributed by atoms with van der Waals surface area (Å²) in [6, 6.07) is 4.67. The quantitative estimate of drug-likeness (QED) is 0.718. The molecule has 0 aliphatic carbocycles. The van der Waals surface area contributed by atoms with Gasteiger partial charge in [0.2, 0.25) is 0 Å². The molecule has 0 radical (unpaired) electrons. The molecule has 0 aromatic heterocycles. The zero-order valence-corrected chi connectivity index (χ0v) is 12.5. The van der Waals surface area contributed by atoms with Crippen molar-refractivity contribution in [2.24, 2.45) is 0 Å². The maximum absolute atomic E-state index is 13.1. The monoisotopic (exact) mass is 285 g/mol. The highest BCUT2D eigenvalue weighted by Crippen LogP contribution is 2.38. The minimum absolute atomic E-state index is 0.110. The molecule has 0 N–H and O–H groups in total. The van der Waals surface area contributed by atoms with Gasteiger partial charge in [-0.05, 0) is 55.1 Å². The average molecular weight is 285 g/mol. The van der Waals surface area contributed by atoms with E-state index in [0.717, 1.165) is 30.5 Å². The predicted molar refractivity (Wildman–Crippen MR) is 74.7 cm³/mol. The van der Waals surface area contributed by atoms with Gasteiger partial charge in [-0.25, -0.2) is 0 Å². The Morgan fingerprint density at radius 2 is 1.65 bits per heavy atom. The fourth-order valence-electron chi connectivity index (χ4n) is 2.77. The highest BCUT2D eigenvalue weighted by molar-refractivity contribution is 5.37. The van der Waals surface area contributed by atoms with Gasteiger partial charge in [0.25, 0.3) is 0 Å². The van der Waals surface area contributed by atoms with Gasteiger partial charge in [-0.15, -0.1) is 0 Å². The summed E-state index contributed by atoms with van der Waals surface area (Å²) in [4.78, 5) is 2.14. The van der Waals surface area contributed by atoms with Crippen LogP contribution in [0.25, 0.3) is 0 Å². The van der Waals surface area contributed by atoms with Crippen LogP contribution in [0.15, 0.2) is 18.2 Å². The highest BCUT2D eigenvalue weighted by atomic mass is 19.4. The fourth-order valence-corrected chi connectivity index (χ4v) is 2.77. The molecule has 1 heterocycles. The molecule has 1 atom stereocenters. The number of hydrogen-bond donors (Lipinski definition) is 0. The summed E-state index contributed by atoms with van der Waals surface area (Å²) >= 11 is 0. The Balaban J connectivity index is 2.51. The van der Waals surface area contributed by atoms with E-state index in [2.05, 4.69) is 4.90 Å². The SMILES string of the molecule is CN1CCCC1c1cc(C(C)(C)C)cc(C(F)(F)F)c1. The van der Waals surface area contributed by atoms with E-state index in [4.69, 9.17) is 0 Å². The zero-order valence-electron chi connectivity index (χ0n) is 12.5. The van der Waals surface area contributed by atoms with Crippen LogP contribution in [0.2, 0.25) is 0 Å². The molecular formula is C16H22F3N. The van der Waals surface area contributed by atoms with Crippen molar-refractivity contribution in [3.05, 3.63) is 34.9 Å². The molecule has 0 spiro atoms. The third-order valence-corrected chi connectivity index (χ3v) is 4.05. The Morgan fingerprint density at radius 1 is 1.05 bits per heavy atom.